The number of hydrogen-bond acceptors (Lipinski definition) is 5. The molecule has 3 rings (SSSR count). The summed E-state index contributed by atoms with van der Waals surface area (Å²) in [6.45, 7) is 5.35. The van der Waals surface area contributed by atoms with Crippen LogP contribution in [-0.2, 0) is 11.9 Å². The fourth-order valence-corrected chi connectivity index (χ4v) is 3.12. The van der Waals surface area contributed by atoms with Crippen molar-refractivity contribution in [1.29, 1.82) is 0 Å². The molecule has 1 aromatic heterocycles. The predicted molar refractivity (Wildman–Crippen MR) is 76.6 cm³/mol. The minimum atomic E-state index is 0.260. The van der Waals surface area contributed by atoms with Crippen molar-refractivity contribution in [2.24, 2.45) is 12.2 Å². The van der Waals surface area contributed by atoms with Crippen LogP contribution in [0.3, 0.4) is 0 Å². The summed E-state index contributed by atoms with van der Waals surface area (Å²) in [6, 6.07) is 0. The van der Waals surface area contributed by atoms with E-state index in [1.807, 2.05) is 11.6 Å². The minimum absolute atomic E-state index is 0.260. The summed E-state index contributed by atoms with van der Waals surface area (Å²) in [5.74, 6) is 1.67. The Labute approximate surface area is 119 Å². The molecular formula is C14H23N5O. The highest BCUT2D eigenvalue weighted by Gasteiger charge is 2.27. The Kier molecular flexibility index (Phi) is 4.00. The van der Waals surface area contributed by atoms with Gasteiger partial charge in [-0.2, -0.15) is 0 Å². The number of nitrogens with zero attached hydrogens (tertiary/aromatic N) is 5. The van der Waals surface area contributed by atoms with Crippen molar-refractivity contribution in [1.82, 2.24) is 19.7 Å². The molecule has 2 aliphatic rings. The summed E-state index contributed by atoms with van der Waals surface area (Å²) in [6.07, 6.45) is 6.36. The van der Waals surface area contributed by atoms with Gasteiger partial charge in [0.2, 0.25) is 0 Å². The third kappa shape index (κ3) is 2.85. The molecule has 0 saturated carbocycles. The van der Waals surface area contributed by atoms with Crippen LogP contribution in [0.1, 0.15) is 44.3 Å². The molecule has 0 unspecified atom stereocenters. The van der Waals surface area contributed by atoms with E-state index < -0.39 is 0 Å². The highest BCUT2D eigenvalue weighted by Crippen LogP contribution is 2.26. The molecule has 0 aromatic carbocycles. The summed E-state index contributed by atoms with van der Waals surface area (Å²) in [7, 11) is 2.03. The zero-order chi connectivity index (χ0) is 13.9. The summed E-state index contributed by atoms with van der Waals surface area (Å²) in [5, 5.41) is 12.4. The molecule has 20 heavy (non-hydrogen) atoms. The first-order valence-corrected chi connectivity index (χ1v) is 7.54. The summed E-state index contributed by atoms with van der Waals surface area (Å²) in [4.78, 5) is 7.99. The van der Waals surface area contributed by atoms with E-state index in [9.17, 15) is 0 Å². The summed E-state index contributed by atoms with van der Waals surface area (Å²) in [5.41, 5.74) is 1.20. The largest absolute Gasteiger partial charge is 0.391 e. The molecule has 3 heterocycles. The van der Waals surface area contributed by atoms with Crippen LogP contribution >= 0.6 is 0 Å². The zero-order valence-corrected chi connectivity index (χ0v) is 12.3. The lowest BCUT2D eigenvalue weighted by atomic mass is 9.95. The maximum atomic E-state index is 5.50. The van der Waals surface area contributed by atoms with E-state index in [4.69, 9.17) is 4.84 Å². The van der Waals surface area contributed by atoms with Gasteiger partial charge in [-0.1, -0.05) is 12.1 Å². The number of oxime groups is 1. The topological polar surface area (TPSA) is 55.5 Å². The van der Waals surface area contributed by atoms with Crippen LogP contribution < -0.4 is 0 Å². The van der Waals surface area contributed by atoms with Crippen LogP contribution in [0.4, 0.5) is 0 Å². The molecule has 6 heteroatoms. The van der Waals surface area contributed by atoms with Gasteiger partial charge in [-0.25, -0.2) is 0 Å². The van der Waals surface area contributed by atoms with Crippen LogP contribution in [0, 0.1) is 0 Å². The van der Waals surface area contributed by atoms with Crippen molar-refractivity contribution in [2.45, 2.75) is 44.6 Å². The lowest BCUT2D eigenvalue weighted by Gasteiger charge is -2.32. The van der Waals surface area contributed by atoms with Crippen molar-refractivity contribution in [3.05, 3.63) is 12.2 Å². The second kappa shape index (κ2) is 5.91. The van der Waals surface area contributed by atoms with E-state index in [1.54, 1.807) is 6.33 Å². The van der Waals surface area contributed by atoms with Gasteiger partial charge in [-0.3, -0.25) is 4.90 Å². The molecule has 0 bridgehead atoms. The molecule has 0 N–H and O–H groups in total. The molecule has 6 nitrogen and oxygen atoms in total. The quantitative estimate of drug-likeness (QED) is 0.838. The van der Waals surface area contributed by atoms with Crippen molar-refractivity contribution in [2.75, 3.05) is 19.6 Å². The van der Waals surface area contributed by atoms with Gasteiger partial charge in [-0.05, 0) is 32.4 Å². The monoisotopic (exact) mass is 277 g/mol. The Morgan fingerprint density at radius 1 is 1.35 bits per heavy atom. The summed E-state index contributed by atoms with van der Waals surface area (Å²) < 4.78 is 2.04. The second-order valence-corrected chi connectivity index (χ2v) is 5.82. The Morgan fingerprint density at radius 2 is 2.15 bits per heavy atom. The number of piperidine rings is 1. The first kappa shape index (κ1) is 13.5. The number of likely N-dealkylation sites (tertiary alicyclic amines) is 1. The molecule has 0 amide bonds. The SMILES string of the molecule is CCC1=NO[C@H](CN2CCC(c3nncn3C)CC2)C1. The Balaban J connectivity index is 1.46. The lowest BCUT2D eigenvalue weighted by Crippen LogP contribution is -2.38. The third-order valence-corrected chi connectivity index (χ3v) is 4.36. The van der Waals surface area contributed by atoms with Crippen LogP contribution in [0.15, 0.2) is 11.5 Å². The van der Waals surface area contributed by atoms with Crippen molar-refractivity contribution in [3.63, 3.8) is 0 Å². The molecular weight excluding hydrogens is 254 g/mol. The molecule has 1 fully saturated rings. The fourth-order valence-electron chi connectivity index (χ4n) is 3.12. The average Bonchev–Trinajstić information content (AvgIpc) is 3.09. The van der Waals surface area contributed by atoms with Crippen molar-refractivity contribution in [3.8, 4) is 0 Å². The molecule has 1 atom stereocenters. The highest BCUT2D eigenvalue weighted by atomic mass is 16.6. The van der Waals surface area contributed by atoms with Crippen LogP contribution in [-0.4, -0.2) is 51.1 Å². The first-order valence-electron chi connectivity index (χ1n) is 7.54. The van der Waals surface area contributed by atoms with Gasteiger partial charge < -0.3 is 9.40 Å². The van der Waals surface area contributed by atoms with Gasteiger partial charge >= 0.3 is 0 Å². The van der Waals surface area contributed by atoms with E-state index in [2.05, 4.69) is 27.2 Å². The van der Waals surface area contributed by atoms with E-state index in [0.29, 0.717) is 5.92 Å². The third-order valence-electron chi connectivity index (χ3n) is 4.36. The predicted octanol–water partition coefficient (Wildman–Crippen LogP) is 1.55. The molecule has 1 saturated heterocycles. The molecule has 110 valence electrons. The van der Waals surface area contributed by atoms with Gasteiger partial charge in [-0.15, -0.1) is 10.2 Å². The fraction of sp³-hybridized carbons (Fsp3) is 0.786. The van der Waals surface area contributed by atoms with Crippen molar-refractivity contribution < 1.29 is 4.84 Å². The Hall–Kier alpha value is -1.43. The average molecular weight is 277 g/mol. The molecule has 0 spiro atoms. The lowest BCUT2D eigenvalue weighted by molar-refractivity contribution is 0.0450. The van der Waals surface area contributed by atoms with Crippen LogP contribution in [0.25, 0.3) is 0 Å². The van der Waals surface area contributed by atoms with E-state index in [0.717, 1.165) is 51.1 Å². The van der Waals surface area contributed by atoms with Gasteiger partial charge in [0.1, 0.15) is 18.3 Å². The Bertz CT molecular complexity index is 476. The van der Waals surface area contributed by atoms with Gasteiger partial charge in [0, 0.05) is 25.9 Å². The summed E-state index contributed by atoms with van der Waals surface area (Å²) >= 11 is 0. The van der Waals surface area contributed by atoms with Gasteiger partial charge in [0.15, 0.2) is 0 Å². The van der Waals surface area contributed by atoms with Gasteiger partial charge in [0.05, 0.1) is 5.71 Å². The number of aryl methyl sites for hydroxylation is 1. The number of rotatable bonds is 4. The Morgan fingerprint density at radius 3 is 2.75 bits per heavy atom. The van der Waals surface area contributed by atoms with Gasteiger partial charge in [0.25, 0.3) is 0 Å². The van der Waals surface area contributed by atoms with Crippen LogP contribution in [0.5, 0.6) is 0 Å². The molecule has 2 aliphatic heterocycles. The minimum Gasteiger partial charge on any atom is -0.391 e. The maximum Gasteiger partial charge on any atom is 0.145 e. The number of hydrogen-bond donors (Lipinski definition) is 0. The van der Waals surface area contributed by atoms with Crippen molar-refractivity contribution >= 4 is 5.71 Å². The molecule has 0 radical (unpaired) electrons. The first-order chi connectivity index (χ1) is 9.76. The van der Waals surface area contributed by atoms with E-state index >= 15 is 0 Å². The second-order valence-electron chi connectivity index (χ2n) is 5.82. The molecule has 0 aliphatic carbocycles. The maximum absolute atomic E-state index is 5.50. The smallest absolute Gasteiger partial charge is 0.145 e. The standard InChI is InChI=1S/C14H23N5O/c1-3-12-8-13(20-17-12)9-19-6-4-11(5-7-19)14-16-15-10-18(14)2/h10-11,13H,3-9H2,1-2H3/t13-/m0/s1. The van der Waals surface area contributed by atoms with Crippen LogP contribution in [0.2, 0.25) is 0 Å². The zero-order valence-electron chi connectivity index (χ0n) is 12.3. The highest BCUT2D eigenvalue weighted by molar-refractivity contribution is 5.85. The molecule has 1 aromatic rings. The normalized spacial score (nSPS) is 24.7. The van der Waals surface area contributed by atoms with E-state index in [-0.39, 0.29) is 6.10 Å². The van der Waals surface area contributed by atoms with E-state index in [1.165, 1.54) is 5.71 Å². The number of aromatic nitrogens is 3.